The van der Waals surface area contributed by atoms with Gasteiger partial charge in [0.05, 0.1) is 37.0 Å². The van der Waals surface area contributed by atoms with Crippen molar-refractivity contribution >= 4 is 26.8 Å². The highest BCUT2D eigenvalue weighted by molar-refractivity contribution is 7.91. The maximum absolute atomic E-state index is 13.0. The SMILES string of the molecule is CNS(=O)(=O)c1ccc(C(F)(F)F)cc1[S@@](=O)c1ccccc1C(=O)[O-]. The predicted molar refractivity (Wildman–Crippen MR) is 83.1 cm³/mol. The average Bonchev–Trinajstić information content (AvgIpc) is 2.59. The Labute approximate surface area is 149 Å². The lowest BCUT2D eigenvalue weighted by atomic mass is 10.2. The van der Waals surface area contributed by atoms with E-state index in [1.165, 1.54) is 12.1 Å². The van der Waals surface area contributed by atoms with Crippen LogP contribution in [0.15, 0.2) is 57.2 Å². The van der Waals surface area contributed by atoms with E-state index in [0.29, 0.717) is 18.2 Å². The van der Waals surface area contributed by atoms with Gasteiger partial charge in [0, 0.05) is 5.56 Å². The van der Waals surface area contributed by atoms with Crippen molar-refractivity contribution in [2.75, 3.05) is 7.05 Å². The number of carboxylic acid groups (broad SMARTS) is 1. The highest BCUT2D eigenvalue weighted by atomic mass is 32.2. The maximum Gasteiger partial charge on any atom is 0.416 e. The summed E-state index contributed by atoms with van der Waals surface area (Å²) in [5.41, 5.74) is -1.74. The number of rotatable bonds is 5. The third kappa shape index (κ3) is 3.94. The molecule has 1 N–H and O–H groups in total. The summed E-state index contributed by atoms with van der Waals surface area (Å²) in [4.78, 5) is 9.44. The lowest BCUT2D eigenvalue weighted by Gasteiger charge is -2.15. The number of aromatic carboxylic acids is 1. The number of carboxylic acids is 1. The Bertz CT molecular complexity index is 987. The zero-order valence-electron chi connectivity index (χ0n) is 13.0. The number of halogens is 3. The van der Waals surface area contributed by atoms with Gasteiger partial charge in [0.15, 0.2) is 0 Å². The van der Waals surface area contributed by atoms with E-state index in [4.69, 9.17) is 0 Å². The van der Waals surface area contributed by atoms with E-state index < -0.39 is 53.9 Å². The van der Waals surface area contributed by atoms with Crippen LogP contribution < -0.4 is 9.83 Å². The molecular weight excluding hydrogens is 395 g/mol. The van der Waals surface area contributed by atoms with Crippen LogP contribution in [0.1, 0.15) is 15.9 Å². The smallest absolute Gasteiger partial charge is 0.416 e. The molecule has 2 aromatic rings. The Morgan fingerprint density at radius 3 is 2.27 bits per heavy atom. The molecule has 6 nitrogen and oxygen atoms in total. The second kappa shape index (κ2) is 7.17. The molecule has 0 amide bonds. The van der Waals surface area contributed by atoms with Crippen LogP contribution in [0.25, 0.3) is 0 Å². The standard InChI is InChI=1S/C15H12F3NO5S2/c1-19-26(23,24)13-7-6-9(15(16,17)18)8-12(13)25(22)11-5-3-2-4-10(11)14(20)21/h2-8,19H,1H3,(H,20,21)/p-1/t25-/m0/s1. The predicted octanol–water partition coefficient (Wildman–Crippen LogP) is 1.14. The van der Waals surface area contributed by atoms with Crippen molar-refractivity contribution in [3.8, 4) is 0 Å². The molecule has 0 bridgehead atoms. The Hall–Kier alpha value is -2.24. The van der Waals surface area contributed by atoms with Crippen LogP contribution in [-0.2, 0) is 27.0 Å². The van der Waals surface area contributed by atoms with E-state index in [1.807, 2.05) is 4.72 Å². The van der Waals surface area contributed by atoms with E-state index in [9.17, 15) is 35.7 Å². The molecule has 0 unspecified atom stereocenters. The molecular formula is C15H11F3NO5S2-. The van der Waals surface area contributed by atoms with Gasteiger partial charge in [-0.15, -0.1) is 0 Å². The summed E-state index contributed by atoms with van der Waals surface area (Å²) in [6.45, 7) is 0. The number of alkyl halides is 3. The summed E-state index contributed by atoms with van der Waals surface area (Å²) < 4.78 is 77.8. The quantitative estimate of drug-likeness (QED) is 0.802. The molecule has 0 aliphatic carbocycles. The molecule has 0 aliphatic rings. The van der Waals surface area contributed by atoms with Gasteiger partial charge in [-0.05, 0) is 31.3 Å². The van der Waals surface area contributed by atoms with Crippen LogP contribution in [0.3, 0.4) is 0 Å². The van der Waals surface area contributed by atoms with Gasteiger partial charge in [-0.3, -0.25) is 0 Å². The van der Waals surface area contributed by atoms with E-state index in [0.717, 1.165) is 19.2 Å². The number of nitrogens with one attached hydrogen (secondary N) is 1. The van der Waals surface area contributed by atoms with Gasteiger partial charge in [-0.1, -0.05) is 18.2 Å². The van der Waals surface area contributed by atoms with Crippen molar-refractivity contribution in [2.45, 2.75) is 20.9 Å². The molecule has 140 valence electrons. The third-order valence-corrected chi connectivity index (χ3v) is 6.43. The van der Waals surface area contributed by atoms with Crippen molar-refractivity contribution in [1.82, 2.24) is 4.72 Å². The molecule has 2 aromatic carbocycles. The number of carbonyl (C=O) groups is 1. The Morgan fingerprint density at radius 1 is 1.12 bits per heavy atom. The molecule has 0 aromatic heterocycles. The summed E-state index contributed by atoms with van der Waals surface area (Å²) in [5, 5.41) is 11.2. The van der Waals surface area contributed by atoms with Crippen molar-refractivity contribution in [3.63, 3.8) is 0 Å². The third-order valence-electron chi connectivity index (χ3n) is 3.34. The number of hydrogen-bond donors (Lipinski definition) is 1. The first-order valence-electron chi connectivity index (χ1n) is 6.86. The highest BCUT2D eigenvalue weighted by Crippen LogP contribution is 2.34. The summed E-state index contributed by atoms with van der Waals surface area (Å²) in [6.07, 6.45) is -4.81. The van der Waals surface area contributed by atoms with Crippen LogP contribution >= 0.6 is 0 Å². The lowest BCUT2D eigenvalue weighted by molar-refractivity contribution is -0.255. The maximum atomic E-state index is 13.0. The van der Waals surface area contributed by atoms with E-state index >= 15 is 0 Å². The van der Waals surface area contributed by atoms with Crippen LogP contribution in [0.5, 0.6) is 0 Å². The molecule has 0 saturated heterocycles. The molecule has 2 rings (SSSR count). The Morgan fingerprint density at radius 2 is 1.73 bits per heavy atom. The summed E-state index contributed by atoms with van der Waals surface area (Å²) in [5.74, 6) is -1.70. The molecule has 11 heteroatoms. The molecule has 26 heavy (non-hydrogen) atoms. The van der Waals surface area contributed by atoms with Gasteiger partial charge in [-0.2, -0.15) is 13.2 Å². The Kier molecular flexibility index (Phi) is 5.54. The number of carbonyl (C=O) groups excluding carboxylic acids is 1. The van der Waals surface area contributed by atoms with Gasteiger partial charge >= 0.3 is 6.18 Å². The first kappa shape index (κ1) is 20.1. The normalized spacial score (nSPS) is 13.4. The first-order chi connectivity index (χ1) is 12.0. The molecule has 0 fully saturated rings. The van der Waals surface area contributed by atoms with Crippen molar-refractivity contribution < 1.29 is 35.7 Å². The fourth-order valence-electron chi connectivity index (χ4n) is 2.08. The Balaban J connectivity index is 2.78. The topological polar surface area (TPSA) is 103 Å². The van der Waals surface area contributed by atoms with Gasteiger partial charge in [0.1, 0.15) is 0 Å². The van der Waals surface area contributed by atoms with Gasteiger partial charge in [0.2, 0.25) is 10.0 Å². The molecule has 0 radical (unpaired) electrons. The van der Waals surface area contributed by atoms with Gasteiger partial charge < -0.3 is 9.90 Å². The summed E-state index contributed by atoms with van der Waals surface area (Å²) in [6, 6.07) is 6.42. The average molecular weight is 406 g/mol. The minimum atomic E-state index is -4.81. The number of hydrogen-bond acceptors (Lipinski definition) is 5. The van der Waals surface area contributed by atoms with Crippen LogP contribution in [-0.4, -0.2) is 25.6 Å². The highest BCUT2D eigenvalue weighted by Gasteiger charge is 2.33. The molecule has 0 heterocycles. The minimum absolute atomic E-state index is 0.376. The summed E-state index contributed by atoms with van der Waals surface area (Å²) in [7, 11) is -5.74. The first-order valence-corrected chi connectivity index (χ1v) is 9.49. The molecule has 0 spiro atoms. The zero-order chi connectivity index (χ0) is 19.7. The fourth-order valence-corrected chi connectivity index (χ4v) is 4.70. The number of benzene rings is 2. The van der Waals surface area contributed by atoms with Crippen molar-refractivity contribution in [3.05, 3.63) is 53.6 Å². The van der Waals surface area contributed by atoms with E-state index in [1.54, 1.807) is 0 Å². The molecule has 0 aliphatic heterocycles. The monoisotopic (exact) mass is 406 g/mol. The molecule has 1 atom stereocenters. The zero-order valence-corrected chi connectivity index (χ0v) is 14.7. The summed E-state index contributed by atoms with van der Waals surface area (Å²) >= 11 is 0. The van der Waals surface area contributed by atoms with Crippen LogP contribution in [0, 0.1) is 0 Å². The largest absolute Gasteiger partial charge is 0.545 e. The van der Waals surface area contributed by atoms with Crippen LogP contribution in [0.2, 0.25) is 0 Å². The van der Waals surface area contributed by atoms with E-state index in [2.05, 4.69) is 0 Å². The lowest BCUT2D eigenvalue weighted by Crippen LogP contribution is -2.24. The second-order valence-corrected chi connectivity index (χ2v) is 8.19. The van der Waals surface area contributed by atoms with Crippen molar-refractivity contribution in [2.24, 2.45) is 0 Å². The molecule has 0 saturated carbocycles. The fraction of sp³-hybridized carbons (Fsp3) is 0.133. The minimum Gasteiger partial charge on any atom is -0.545 e. The van der Waals surface area contributed by atoms with Gasteiger partial charge in [0.25, 0.3) is 0 Å². The van der Waals surface area contributed by atoms with E-state index in [-0.39, 0.29) is 4.90 Å². The number of sulfonamides is 1. The van der Waals surface area contributed by atoms with Crippen LogP contribution in [0.4, 0.5) is 13.2 Å². The second-order valence-electron chi connectivity index (χ2n) is 4.92. The van der Waals surface area contributed by atoms with Crippen molar-refractivity contribution in [1.29, 1.82) is 0 Å². The van der Waals surface area contributed by atoms with Gasteiger partial charge in [-0.25, -0.2) is 17.3 Å².